The predicted molar refractivity (Wildman–Crippen MR) is 55.1 cm³/mol. The van der Waals surface area contributed by atoms with Gasteiger partial charge in [0.15, 0.2) is 5.75 Å². The Balaban J connectivity index is 3.28. The van der Waals surface area contributed by atoms with Crippen molar-refractivity contribution < 1.29 is 31.4 Å². The van der Waals surface area contributed by atoms with E-state index in [-0.39, 0.29) is 3.70 Å². The molecule has 0 fully saturated rings. The number of hydrogen-bond donors (Lipinski definition) is 0. The summed E-state index contributed by atoms with van der Waals surface area (Å²) in [6.07, 6.45) is -8.01. The largest absolute Gasteiger partial charge is 0.574 e. The van der Waals surface area contributed by atoms with Crippen LogP contribution in [0, 0.1) is 3.70 Å². The molecule has 0 N–H and O–H groups in total. The van der Waals surface area contributed by atoms with E-state index in [0.717, 1.165) is 13.2 Å². The average molecular weight is 369 g/mol. The van der Waals surface area contributed by atoms with Crippen LogP contribution in [0.5, 0.6) is 11.6 Å². The summed E-state index contributed by atoms with van der Waals surface area (Å²) >= 11 is 1.50. The number of hydrogen-bond acceptors (Lipinski definition) is 3. The molecule has 0 aromatic carbocycles. The first-order valence-corrected chi connectivity index (χ1v) is 5.10. The van der Waals surface area contributed by atoms with Crippen molar-refractivity contribution in [2.24, 2.45) is 0 Å². The summed E-state index contributed by atoms with van der Waals surface area (Å²) in [6, 6.07) is 0.924. The van der Waals surface area contributed by atoms with Crippen LogP contribution in [0.4, 0.5) is 22.0 Å². The number of pyridine rings is 1. The van der Waals surface area contributed by atoms with E-state index in [1.54, 1.807) is 0 Å². The number of ether oxygens (including phenoxy) is 2. The molecule has 96 valence electrons. The Morgan fingerprint density at radius 2 is 1.94 bits per heavy atom. The number of methoxy groups -OCH3 is 1. The summed E-state index contributed by atoms with van der Waals surface area (Å²) < 4.78 is 69.1. The van der Waals surface area contributed by atoms with Crippen LogP contribution >= 0.6 is 22.6 Å². The van der Waals surface area contributed by atoms with E-state index in [0.29, 0.717) is 0 Å². The molecular formula is C8H5F5INO2. The molecule has 0 bridgehead atoms. The second kappa shape index (κ2) is 5.19. The maximum absolute atomic E-state index is 12.6. The fourth-order valence-electron chi connectivity index (χ4n) is 1.04. The maximum atomic E-state index is 12.6. The summed E-state index contributed by atoms with van der Waals surface area (Å²) in [4.78, 5) is 3.36. The van der Waals surface area contributed by atoms with Gasteiger partial charge in [0.1, 0.15) is 3.70 Å². The summed E-state index contributed by atoms with van der Waals surface area (Å²) in [5, 5.41) is 0. The molecule has 0 unspecified atom stereocenters. The number of halogens is 6. The number of rotatable bonds is 3. The van der Waals surface area contributed by atoms with Gasteiger partial charge in [-0.15, -0.1) is 13.2 Å². The third-order valence-corrected chi connectivity index (χ3v) is 2.14. The number of aromatic nitrogens is 1. The van der Waals surface area contributed by atoms with Crippen LogP contribution in [-0.4, -0.2) is 18.5 Å². The lowest BCUT2D eigenvalue weighted by Gasteiger charge is -2.14. The van der Waals surface area contributed by atoms with E-state index in [9.17, 15) is 22.0 Å². The van der Waals surface area contributed by atoms with E-state index >= 15 is 0 Å². The van der Waals surface area contributed by atoms with Crippen LogP contribution in [0.25, 0.3) is 0 Å². The molecule has 0 radical (unpaired) electrons. The van der Waals surface area contributed by atoms with Crippen molar-refractivity contribution in [2.45, 2.75) is 12.8 Å². The molecule has 1 heterocycles. The zero-order valence-corrected chi connectivity index (χ0v) is 10.3. The number of nitrogens with zero attached hydrogens (tertiary/aromatic N) is 1. The highest BCUT2D eigenvalue weighted by Crippen LogP contribution is 2.38. The Hall–Kier alpha value is -0.870. The highest BCUT2D eigenvalue weighted by atomic mass is 127. The third kappa shape index (κ3) is 3.82. The molecule has 1 aromatic rings. The van der Waals surface area contributed by atoms with Gasteiger partial charge in [-0.25, -0.2) is 13.8 Å². The summed E-state index contributed by atoms with van der Waals surface area (Å²) in [5.74, 6) is -1.75. The first kappa shape index (κ1) is 14.2. The van der Waals surface area contributed by atoms with E-state index < -0.39 is 30.0 Å². The van der Waals surface area contributed by atoms with Gasteiger partial charge >= 0.3 is 6.36 Å². The van der Waals surface area contributed by atoms with E-state index in [1.165, 1.54) is 22.6 Å². The van der Waals surface area contributed by atoms with Crippen molar-refractivity contribution in [3.8, 4) is 11.6 Å². The van der Waals surface area contributed by atoms with Gasteiger partial charge in [0.05, 0.1) is 12.7 Å². The second-order valence-electron chi connectivity index (χ2n) is 2.72. The molecule has 9 heteroatoms. The van der Waals surface area contributed by atoms with Gasteiger partial charge in [-0.1, -0.05) is 0 Å². The van der Waals surface area contributed by atoms with Gasteiger partial charge in [0, 0.05) is 0 Å². The summed E-state index contributed by atoms with van der Waals surface area (Å²) in [5.41, 5.74) is -0.703. The lowest BCUT2D eigenvalue weighted by Crippen LogP contribution is -2.19. The predicted octanol–water partition coefficient (Wildman–Crippen LogP) is 3.53. The SMILES string of the molecule is COc1c(C(F)F)cc(I)nc1OC(F)(F)F. The van der Waals surface area contributed by atoms with Crippen molar-refractivity contribution in [1.29, 1.82) is 0 Å². The molecule has 17 heavy (non-hydrogen) atoms. The van der Waals surface area contributed by atoms with Gasteiger partial charge in [-0.2, -0.15) is 0 Å². The minimum absolute atomic E-state index is 0.0575. The molecule has 0 aliphatic rings. The number of alkyl halides is 5. The highest BCUT2D eigenvalue weighted by molar-refractivity contribution is 14.1. The lowest BCUT2D eigenvalue weighted by atomic mass is 10.2. The van der Waals surface area contributed by atoms with E-state index in [2.05, 4.69) is 14.5 Å². The van der Waals surface area contributed by atoms with Gasteiger partial charge in [-0.3, -0.25) is 0 Å². The molecule has 0 saturated heterocycles. The highest BCUT2D eigenvalue weighted by Gasteiger charge is 2.35. The standard InChI is InChI=1S/C8H5F5INO2/c1-16-5-3(6(9)10)2-4(14)15-7(5)17-8(11,12)13/h2,6H,1H3. The summed E-state index contributed by atoms with van der Waals surface area (Å²) in [6.45, 7) is 0. The van der Waals surface area contributed by atoms with Crippen molar-refractivity contribution in [3.63, 3.8) is 0 Å². The molecule has 0 atom stereocenters. The van der Waals surface area contributed by atoms with E-state index in [1.807, 2.05) is 0 Å². The molecule has 0 aliphatic heterocycles. The van der Waals surface area contributed by atoms with Crippen molar-refractivity contribution >= 4 is 22.6 Å². The van der Waals surface area contributed by atoms with Gasteiger partial charge in [0.25, 0.3) is 12.3 Å². The molecule has 0 spiro atoms. The van der Waals surface area contributed by atoms with Crippen LogP contribution in [0.15, 0.2) is 6.07 Å². The normalized spacial score (nSPS) is 11.8. The zero-order valence-electron chi connectivity index (χ0n) is 8.19. The third-order valence-electron chi connectivity index (χ3n) is 1.59. The molecule has 0 amide bonds. The minimum Gasteiger partial charge on any atom is -0.491 e. The Kier molecular flexibility index (Phi) is 4.33. The molecule has 0 saturated carbocycles. The monoisotopic (exact) mass is 369 g/mol. The van der Waals surface area contributed by atoms with Crippen LogP contribution in [0.3, 0.4) is 0 Å². The van der Waals surface area contributed by atoms with Crippen molar-refractivity contribution in [3.05, 3.63) is 15.3 Å². The molecule has 3 nitrogen and oxygen atoms in total. The minimum atomic E-state index is -5.02. The smallest absolute Gasteiger partial charge is 0.491 e. The van der Waals surface area contributed by atoms with E-state index in [4.69, 9.17) is 0 Å². The van der Waals surface area contributed by atoms with Crippen LogP contribution in [-0.2, 0) is 0 Å². The van der Waals surface area contributed by atoms with Crippen LogP contribution in [0.2, 0.25) is 0 Å². The molecule has 0 aliphatic carbocycles. The first-order chi connectivity index (χ1) is 7.74. The fraction of sp³-hybridized carbons (Fsp3) is 0.375. The zero-order chi connectivity index (χ0) is 13.2. The lowest BCUT2D eigenvalue weighted by molar-refractivity contribution is -0.276. The second-order valence-corrected chi connectivity index (χ2v) is 3.83. The van der Waals surface area contributed by atoms with Crippen LogP contribution < -0.4 is 9.47 Å². The Morgan fingerprint density at radius 3 is 2.35 bits per heavy atom. The molecular weight excluding hydrogens is 364 g/mol. The Bertz CT molecular complexity index is 410. The first-order valence-electron chi connectivity index (χ1n) is 4.03. The Morgan fingerprint density at radius 1 is 1.35 bits per heavy atom. The average Bonchev–Trinajstić information content (AvgIpc) is 2.14. The fourth-order valence-corrected chi connectivity index (χ4v) is 1.60. The molecule has 1 rings (SSSR count). The maximum Gasteiger partial charge on any atom is 0.574 e. The summed E-state index contributed by atoms with van der Waals surface area (Å²) in [7, 11) is 0.957. The quantitative estimate of drug-likeness (QED) is 0.464. The van der Waals surface area contributed by atoms with Crippen molar-refractivity contribution in [1.82, 2.24) is 4.98 Å². The topological polar surface area (TPSA) is 31.4 Å². The Labute approximate surface area is 106 Å². The van der Waals surface area contributed by atoms with Gasteiger partial charge in [0.2, 0.25) is 0 Å². The molecule has 1 aromatic heterocycles. The van der Waals surface area contributed by atoms with Crippen molar-refractivity contribution in [2.75, 3.05) is 7.11 Å². The van der Waals surface area contributed by atoms with Gasteiger partial charge < -0.3 is 9.47 Å². The van der Waals surface area contributed by atoms with Gasteiger partial charge in [-0.05, 0) is 28.7 Å². The van der Waals surface area contributed by atoms with Crippen LogP contribution in [0.1, 0.15) is 12.0 Å².